The number of pyridine rings is 1. The van der Waals surface area contributed by atoms with Gasteiger partial charge in [-0.05, 0) is 31.0 Å². The fourth-order valence-electron chi connectivity index (χ4n) is 3.50. The van der Waals surface area contributed by atoms with Crippen molar-refractivity contribution in [2.24, 2.45) is 7.05 Å². The molecule has 1 aliphatic heterocycles. The van der Waals surface area contributed by atoms with Gasteiger partial charge in [0.25, 0.3) is 5.56 Å². The zero-order chi connectivity index (χ0) is 19.5. The second kappa shape index (κ2) is 7.94. The van der Waals surface area contributed by atoms with Crippen LogP contribution >= 0.6 is 0 Å². The van der Waals surface area contributed by atoms with E-state index in [-0.39, 0.29) is 11.7 Å². The predicted molar refractivity (Wildman–Crippen MR) is 109 cm³/mol. The maximum Gasteiger partial charge on any atom is 0.255 e. The van der Waals surface area contributed by atoms with Crippen LogP contribution in [0.4, 0.5) is 5.95 Å². The van der Waals surface area contributed by atoms with Crippen LogP contribution in [0.2, 0.25) is 0 Å². The van der Waals surface area contributed by atoms with E-state index in [0.29, 0.717) is 24.8 Å². The standard InChI is InChI=1S/C22H24N4O2/c1-16-3-5-18(6-4-16)20-9-12-26(13-14-28-20)22-24-19(15-21(27)25(22)2)17-7-10-23-11-8-17/h3-8,10-11,15,20H,9,12-14H2,1-2H3. The van der Waals surface area contributed by atoms with Gasteiger partial charge in [0.2, 0.25) is 5.95 Å². The van der Waals surface area contributed by atoms with E-state index in [1.807, 2.05) is 12.1 Å². The molecule has 0 bridgehead atoms. The molecule has 3 aromatic rings. The summed E-state index contributed by atoms with van der Waals surface area (Å²) in [7, 11) is 1.77. The van der Waals surface area contributed by atoms with Gasteiger partial charge < -0.3 is 9.64 Å². The quantitative estimate of drug-likeness (QED) is 0.703. The van der Waals surface area contributed by atoms with Crippen LogP contribution in [0.3, 0.4) is 0 Å². The van der Waals surface area contributed by atoms with Crippen molar-refractivity contribution in [1.82, 2.24) is 14.5 Å². The average Bonchev–Trinajstić information content (AvgIpc) is 2.97. The first-order chi connectivity index (χ1) is 13.6. The second-order valence-electron chi connectivity index (χ2n) is 7.12. The molecule has 0 amide bonds. The summed E-state index contributed by atoms with van der Waals surface area (Å²) < 4.78 is 7.71. The van der Waals surface area contributed by atoms with E-state index in [1.165, 1.54) is 11.1 Å². The van der Waals surface area contributed by atoms with E-state index in [4.69, 9.17) is 9.72 Å². The highest BCUT2D eigenvalue weighted by Gasteiger charge is 2.22. The van der Waals surface area contributed by atoms with Crippen molar-refractivity contribution < 1.29 is 4.74 Å². The minimum absolute atomic E-state index is 0.0611. The molecule has 144 valence electrons. The van der Waals surface area contributed by atoms with Crippen molar-refractivity contribution in [2.75, 3.05) is 24.6 Å². The van der Waals surface area contributed by atoms with Crippen LogP contribution in [0.15, 0.2) is 59.7 Å². The zero-order valence-electron chi connectivity index (χ0n) is 16.2. The van der Waals surface area contributed by atoms with Crippen molar-refractivity contribution in [3.05, 3.63) is 76.3 Å². The van der Waals surface area contributed by atoms with Crippen LogP contribution in [-0.4, -0.2) is 34.2 Å². The molecule has 1 saturated heterocycles. The van der Waals surface area contributed by atoms with E-state index in [1.54, 1.807) is 30.1 Å². The minimum atomic E-state index is -0.0722. The molecule has 4 rings (SSSR count). The van der Waals surface area contributed by atoms with Gasteiger partial charge >= 0.3 is 0 Å². The Morgan fingerprint density at radius 1 is 1.07 bits per heavy atom. The molecule has 6 heteroatoms. The molecule has 6 nitrogen and oxygen atoms in total. The number of aromatic nitrogens is 3. The third-order valence-electron chi connectivity index (χ3n) is 5.16. The lowest BCUT2D eigenvalue weighted by molar-refractivity contribution is 0.0647. The average molecular weight is 376 g/mol. The Balaban J connectivity index is 1.60. The summed E-state index contributed by atoms with van der Waals surface area (Å²) in [5.74, 6) is 0.674. The van der Waals surface area contributed by atoms with E-state index in [0.717, 1.165) is 18.5 Å². The number of hydrogen-bond donors (Lipinski definition) is 0. The van der Waals surface area contributed by atoms with Gasteiger partial charge in [0.15, 0.2) is 0 Å². The van der Waals surface area contributed by atoms with E-state index < -0.39 is 0 Å². The van der Waals surface area contributed by atoms with Crippen molar-refractivity contribution in [2.45, 2.75) is 19.4 Å². The largest absolute Gasteiger partial charge is 0.372 e. The lowest BCUT2D eigenvalue weighted by atomic mass is 10.0. The van der Waals surface area contributed by atoms with E-state index >= 15 is 0 Å². The molecule has 0 N–H and O–H groups in total. The highest BCUT2D eigenvalue weighted by Crippen LogP contribution is 2.26. The summed E-state index contributed by atoms with van der Waals surface area (Å²) >= 11 is 0. The van der Waals surface area contributed by atoms with Crippen molar-refractivity contribution in [3.63, 3.8) is 0 Å². The third-order valence-corrected chi connectivity index (χ3v) is 5.16. The SMILES string of the molecule is Cc1ccc(C2CCN(c3nc(-c4ccncc4)cc(=O)n3C)CCO2)cc1. The number of ether oxygens (including phenoxy) is 1. The highest BCUT2D eigenvalue weighted by molar-refractivity contribution is 5.59. The minimum Gasteiger partial charge on any atom is -0.372 e. The number of anilines is 1. The summed E-state index contributed by atoms with van der Waals surface area (Å²) in [6, 6.07) is 13.8. The first kappa shape index (κ1) is 18.4. The van der Waals surface area contributed by atoms with Gasteiger partial charge in [0, 0.05) is 44.2 Å². The molecular weight excluding hydrogens is 352 g/mol. The number of rotatable bonds is 3. The van der Waals surface area contributed by atoms with Crippen LogP contribution < -0.4 is 10.5 Å². The van der Waals surface area contributed by atoms with Gasteiger partial charge in [0.05, 0.1) is 18.4 Å². The lowest BCUT2D eigenvalue weighted by Gasteiger charge is -2.23. The van der Waals surface area contributed by atoms with Gasteiger partial charge in [-0.1, -0.05) is 29.8 Å². The Labute approximate surface area is 164 Å². The third kappa shape index (κ3) is 3.82. The molecule has 1 aliphatic rings. The highest BCUT2D eigenvalue weighted by atomic mass is 16.5. The first-order valence-corrected chi connectivity index (χ1v) is 9.53. The summed E-state index contributed by atoms with van der Waals surface area (Å²) in [5.41, 5.74) is 3.92. The molecule has 28 heavy (non-hydrogen) atoms. The molecule has 2 aromatic heterocycles. The summed E-state index contributed by atoms with van der Waals surface area (Å²) in [6.45, 7) is 4.15. The fraction of sp³-hybridized carbons (Fsp3) is 0.318. The van der Waals surface area contributed by atoms with Gasteiger partial charge in [0.1, 0.15) is 0 Å². The van der Waals surface area contributed by atoms with Crippen molar-refractivity contribution in [1.29, 1.82) is 0 Å². The predicted octanol–water partition coefficient (Wildman–Crippen LogP) is 3.12. The number of benzene rings is 1. The van der Waals surface area contributed by atoms with Gasteiger partial charge in [-0.15, -0.1) is 0 Å². The molecule has 3 heterocycles. The Morgan fingerprint density at radius 3 is 2.57 bits per heavy atom. The van der Waals surface area contributed by atoms with Crippen LogP contribution in [0.5, 0.6) is 0 Å². The van der Waals surface area contributed by atoms with E-state index in [9.17, 15) is 4.79 Å². The lowest BCUT2D eigenvalue weighted by Crippen LogP contribution is -2.33. The van der Waals surface area contributed by atoms with Crippen LogP contribution in [0.25, 0.3) is 11.3 Å². The molecule has 0 radical (unpaired) electrons. The van der Waals surface area contributed by atoms with Gasteiger partial charge in [-0.25, -0.2) is 4.98 Å². The Bertz CT molecular complexity index is 999. The monoisotopic (exact) mass is 376 g/mol. The summed E-state index contributed by atoms with van der Waals surface area (Å²) in [5, 5.41) is 0. The Hall–Kier alpha value is -2.99. The second-order valence-corrected chi connectivity index (χ2v) is 7.12. The van der Waals surface area contributed by atoms with Crippen molar-refractivity contribution in [3.8, 4) is 11.3 Å². The van der Waals surface area contributed by atoms with Gasteiger partial charge in [-0.2, -0.15) is 0 Å². The zero-order valence-corrected chi connectivity index (χ0v) is 16.2. The topological polar surface area (TPSA) is 60.2 Å². The normalized spacial score (nSPS) is 17.4. The molecule has 1 aromatic carbocycles. The Morgan fingerprint density at radius 2 is 1.82 bits per heavy atom. The maximum atomic E-state index is 12.5. The van der Waals surface area contributed by atoms with Crippen molar-refractivity contribution >= 4 is 5.95 Å². The first-order valence-electron chi connectivity index (χ1n) is 9.53. The van der Waals surface area contributed by atoms with Crippen LogP contribution in [0.1, 0.15) is 23.7 Å². The molecule has 0 saturated carbocycles. The molecule has 1 atom stereocenters. The summed E-state index contributed by atoms with van der Waals surface area (Å²) in [4.78, 5) is 23.5. The Kier molecular flexibility index (Phi) is 5.21. The fourth-order valence-corrected chi connectivity index (χ4v) is 3.50. The van der Waals surface area contributed by atoms with E-state index in [2.05, 4.69) is 41.1 Å². The molecule has 0 aliphatic carbocycles. The number of hydrogen-bond acceptors (Lipinski definition) is 5. The number of nitrogens with zero attached hydrogens (tertiary/aromatic N) is 4. The summed E-state index contributed by atoms with van der Waals surface area (Å²) in [6.07, 6.45) is 4.32. The molecule has 0 spiro atoms. The molecule has 1 fully saturated rings. The molecule has 1 unspecified atom stereocenters. The maximum absolute atomic E-state index is 12.5. The number of aryl methyl sites for hydroxylation is 1. The van der Waals surface area contributed by atoms with Crippen LogP contribution in [-0.2, 0) is 11.8 Å². The molecular formula is C22H24N4O2. The van der Waals surface area contributed by atoms with Gasteiger partial charge in [-0.3, -0.25) is 14.3 Å². The van der Waals surface area contributed by atoms with Crippen LogP contribution in [0, 0.1) is 6.92 Å². The smallest absolute Gasteiger partial charge is 0.255 e.